The molecule has 4 aromatic carbocycles. The minimum Gasteiger partial charge on any atom is -0.371 e. The van der Waals surface area contributed by atoms with E-state index in [9.17, 15) is 39.9 Å². The zero-order valence-corrected chi connectivity index (χ0v) is 31.4. The van der Waals surface area contributed by atoms with Crippen molar-refractivity contribution in [3.63, 3.8) is 0 Å². The molecule has 2 saturated heterocycles. The molecule has 60 heavy (non-hydrogen) atoms. The molecule has 6 aromatic rings. The first-order valence-corrected chi connectivity index (χ1v) is 18.6. The van der Waals surface area contributed by atoms with Crippen molar-refractivity contribution in [2.75, 3.05) is 36.0 Å². The Morgan fingerprint density at radius 3 is 1.35 bits per heavy atom. The summed E-state index contributed by atoms with van der Waals surface area (Å²) in [6.45, 7) is 0.919. The maximum Gasteiger partial charge on any atom is 0.418 e. The lowest BCUT2D eigenvalue weighted by Crippen LogP contribution is -2.35. The highest BCUT2D eigenvalue weighted by atomic mass is 19.4. The number of rotatable bonds is 7. The van der Waals surface area contributed by atoms with E-state index in [1.807, 2.05) is 6.07 Å². The van der Waals surface area contributed by atoms with Crippen LogP contribution in [0.15, 0.2) is 94.0 Å². The average molecular weight is 836 g/mol. The van der Waals surface area contributed by atoms with Gasteiger partial charge in [-0.15, -0.1) is 0 Å². The molecule has 0 saturated carbocycles. The van der Waals surface area contributed by atoms with Crippen LogP contribution >= 0.6 is 0 Å². The summed E-state index contributed by atoms with van der Waals surface area (Å²) < 4.78 is 119. The molecular formula is C42H33F8N7O3. The zero-order valence-electron chi connectivity index (χ0n) is 31.4. The van der Waals surface area contributed by atoms with Crippen LogP contribution in [0.2, 0.25) is 0 Å². The van der Waals surface area contributed by atoms with Crippen molar-refractivity contribution in [3.8, 4) is 51.8 Å². The van der Waals surface area contributed by atoms with Gasteiger partial charge in [0.2, 0.25) is 11.6 Å². The van der Waals surface area contributed by atoms with Gasteiger partial charge in [-0.3, -0.25) is 4.79 Å². The highest BCUT2D eigenvalue weighted by Crippen LogP contribution is 2.41. The molecule has 2 aliphatic rings. The van der Waals surface area contributed by atoms with Crippen molar-refractivity contribution < 1.29 is 49.0 Å². The number of alkyl halides is 8. The van der Waals surface area contributed by atoms with Crippen LogP contribution in [0.5, 0.6) is 0 Å². The van der Waals surface area contributed by atoms with Gasteiger partial charge < -0.3 is 18.8 Å². The molecule has 0 bridgehead atoms. The molecular weight excluding hydrogens is 802 g/mol. The van der Waals surface area contributed by atoms with Gasteiger partial charge in [-0.2, -0.15) is 41.6 Å². The molecule has 2 aliphatic heterocycles. The molecule has 0 unspecified atom stereocenters. The molecule has 0 radical (unpaired) electrons. The number of nitriles is 1. The molecule has 2 fully saturated rings. The van der Waals surface area contributed by atoms with E-state index in [0.29, 0.717) is 28.5 Å². The van der Waals surface area contributed by atoms with Crippen LogP contribution in [-0.4, -0.2) is 65.1 Å². The van der Waals surface area contributed by atoms with Crippen LogP contribution < -0.4 is 9.80 Å². The third-order valence-corrected chi connectivity index (χ3v) is 10.1. The van der Waals surface area contributed by atoms with Crippen molar-refractivity contribution >= 4 is 17.7 Å². The molecule has 4 heterocycles. The summed E-state index contributed by atoms with van der Waals surface area (Å²) in [6, 6.07) is 22.5. The van der Waals surface area contributed by atoms with Crippen molar-refractivity contribution in [1.82, 2.24) is 20.3 Å². The van der Waals surface area contributed by atoms with E-state index in [1.54, 1.807) is 58.3 Å². The van der Waals surface area contributed by atoms with Gasteiger partial charge in [-0.25, -0.2) is 8.78 Å². The maximum atomic E-state index is 13.7. The first-order chi connectivity index (χ1) is 28.7. The summed E-state index contributed by atoms with van der Waals surface area (Å²) in [5, 5.41) is 16.5. The fourth-order valence-corrected chi connectivity index (χ4v) is 6.84. The second kappa shape index (κ2) is 17.3. The van der Waals surface area contributed by atoms with Crippen LogP contribution in [-0.2, 0) is 12.4 Å². The lowest BCUT2D eigenvalue weighted by atomic mass is 10.0. The third-order valence-electron chi connectivity index (χ3n) is 10.1. The number of anilines is 2. The second-order valence-electron chi connectivity index (χ2n) is 14.1. The Hall–Kier alpha value is -6.64. The number of aromatic nitrogens is 4. The topological polar surface area (TPSA) is 125 Å². The molecule has 0 amide bonds. The predicted octanol–water partition coefficient (Wildman–Crippen LogP) is 10.4. The Bertz CT molecular complexity index is 2460. The van der Waals surface area contributed by atoms with Gasteiger partial charge in [0.05, 0.1) is 22.8 Å². The SMILES string of the molecule is N#Cc1ccc(-c2nc(-c3ccc(N4CCC(F)CC4)c(C(F)(F)F)c3)no2)cc1.O=Cc1ccc(-c2nc(-c3ccc(N4CCC(F)CC4)c(C(F)(F)F)c3)no2)cc1. The largest absolute Gasteiger partial charge is 0.418 e. The van der Waals surface area contributed by atoms with Gasteiger partial charge in [0.1, 0.15) is 18.6 Å². The number of hydrogen-bond acceptors (Lipinski definition) is 10. The molecule has 10 nitrogen and oxygen atoms in total. The Balaban J connectivity index is 0.000000181. The number of nitrogens with zero attached hydrogens (tertiary/aromatic N) is 7. The fourth-order valence-electron chi connectivity index (χ4n) is 6.84. The summed E-state index contributed by atoms with van der Waals surface area (Å²) in [5.74, 6) is 0.306. The predicted molar refractivity (Wildman–Crippen MR) is 203 cm³/mol. The van der Waals surface area contributed by atoms with Crippen LogP contribution in [0.3, 0.4) is 0 Å². The first-order valence-electron chi connectivity index (χ1n) is 18.6. The number of piperidine rings is 2. The fraction of sp³-hybridized carbons (Fsp3) is 0.286. The van der Waals surface area contributed by atoms with E-state index >= 15 is 0 Å². The first kappa shape index (κ1) is 41.5. The number of benzene rings is 4. The monoisotopic (exact) mass is 835 g/mol. The Morgan fingerprint density at radius 1 is 0.600 bits per heavy atom. The van der Waals surface area contributed by atoms with E-state index in [4.69, 9.17) is 14.3 Å². The summed E-state index contributed by atoms with van der Waals surface area (Å²) in [6.07, 6.45) is -9.61. The number of carbonyl (C=O) groups is 1. The van der Waals surface area contributed by atoms with Crippen molar-refractivity contribution in [2.45, 2.75) is 50.4 Å². The molecule has 8 rings (SSSR count). The van der Waals surface area contributed by atoms with E-state index in [-0.39, 0.29) is 97.8 Å². The Kier molecular flexibility index (Phi) is 12.0. The minimum atomic E-state index is -4.59. The minimum absolute atomic E-state index is 0.0176. The third kappa shape index (κ3) is 9.46. The normalized spacial score (nSPS) is 15.3. The van der Waals surface area contributed by atoms with Gasteiger partial charge in [0, 0.05) is 65.4 Å². The van der Waals surface area contributed by atoms with Crippen molar-refractivity contribution in [1.29, 1.82) is 5.26 Å². The molecule has 2 aromatic heterocycles. The summed E-state index contributed by atoms with van der Waals surface area (Å²) in [7, 11) is 0. The lowest BCUT2D eigenvalue weighted by molar-refractivity contribution is -0.138. The Labute approximate surface area is 337 Å². The quantitative estimate of drug-likeness (QED) is 0.113. The van der Waals surface area contributed by atoms with Crippen LogP contribution in [0.4, 0.5) is 46.5 Å². The molecule has 0 atom stereocenters. The van der Waals surface area contributed by atoms with Gasteiger partial charge in [-0.1, -0.05) is 22.4 Å². The van der Waals surface area contributed by atoms with Gasteiger partial charge >= 0.3 is 12.4 Å². The highest BCUT2D eigenvalue weighted by molar-refractivity contribution is 5.76. The van der Waals surface area contributed by atoms with Gasteiger partial charge in [0.25, 0.3) is 11.8 Å². The molecule has 0 spiro atoms. The number of aldehydes is 1. The second-order valence-corrected chi connectivity index (χ2v) is 14.1. The van der Waals surface area contributed by atoms with Crippen LogP contribution in [0.25, 0.3) is 45.7 Å². The van der Waals surface area contributed by atoms with Crippen molar-refractivity contribution in [3.05, 3.63) is 107 Å². The van der Waals surface area contributed by atoms with E-state index < -0.39 is 35.8 Å². The van der Waals surface area contributed by atoms with Crippen molar-refractivity contribution in [2.24, 2.45) is 0 Å². The van der Waals surface area contributed by atoms with Crippen LogP contribution in [0.1, 0.15) is 52.7 Å². The van der Waals surface area contributed by atoms with Gasteiger partial charge in [0.15, 0.2) is 0 Å². The average Bonchev–Trinajstić information content (AvgIpc) is 3.96. The van der Waals surface area contributed by atoms with Crippen LogP contribution in [0, 0.1) is 11.3 Å². The highest BCUT2D eigenvalue weighted by Gasteiger charge is 2.38. The molecule has 0 N–H and O–H groups in total. The summed E-state index contributed by atoms with van der Waals surface area (Å²) in [4.78, 5) is 22.2. The molecule has 18 heteroatoms. The van der Waals surface area contributed by atoms with Gasteiger partial charge in [-0.05, 0) is 98.5 Å². The molecule has 0 aliphatic carbocycles. The van der Waals surface area contributed by atoms with E-state index in [1.165, 1.54) is 24.3 Å². The lowest BCUT2D eigenvalue weighted by Gasteiger charge is -2.32. The number of halogens is 8. The number of hydrogen-bond donors (Lipinski definition) is 0. The summed E-state index contributed by atoms with van der Waals surface area (Å²) >= 11 is 0. The van der Waals surface area contributed by atoms with E-state index in [2.05, 4.69) is 20.3 Å². The summed E-state index contributed by atoms with van der Waals surface area (Å²) in [5.41, 5.74) is 0.749. The number of carbonyl (C=O) groups excluding carboxylic acids is 1. The van der Waals surface area contributed by atoms with E-state index in [0.717, 1.165) is 12.1 Å². The standard InChI is InChI=1S/C21H16F4N4O.C21H17F4N3O2/c22-16-7-9-29(10-8-16)18-6-5-15(11-17(18)21(23,24)25)19-27-20(30-28-19)14-3-1-13(12-26)2-4-14;22-16-7-9-28(10-8-16)18-6-5-15(11-17(18)21(23,24)25)19-26-20(30-27-19)14-3-1-13(12-29)2-4-14/h1-6,11,16H,7-10H2;1-6,11-12,16H,7-10H2. The molecule has 310 valence electrons. The zero-order chi connectivity index (χ0) is 42.6. The Morgan fingerprint density at radius 2 is 0.983 bits per heavy atom. The maximum absolute atomic E-state index is 13.7. The smallest absolute Gasteiger partial charge is 0.371 e.